The monoisotopic (exact) mass is 313 g/mol. The number of amides is 1. The third-order valence-electron chi connectivity index (χ3n) is 4.94. The summed E-state index contributed by atoms with van der Waals surface area (Å²) in [6.07, 6.45) is 8.24. The number of esters is 1. The van der Waals surface area contributed by atoms with Crippen LogP contribution in [-0.2, 0) is 20.7 Å². The van der Waals surface area contributed by atoms with Gasteiger partial charge in [-0.2, -0.15) is 0 Å². The second-order valence-electron chi connectivity index (χ2n) is 6.34. The SMILES string of the molecule is COC(=O)[C@@H]1C[C@@H](CCCc2ccccc2)[C@H]2C=CCC(=O)N21. The van der Waals surface area contributed by atoms with Gasteiger partial charge in [0.15, 0.2) is 0 Å². The number of methoxy groups -OCH3 is 1. The van der Waals surface area contributed by atoms with E-state index in [1.807, 2.05) is 12.1 Å². The number of fused-ring (bicyclic) bond motifs is 1. The molecule has 0 saturated carbocycles. The predicted octanol–water partition coefficient (Wildman–Crippen LogP) is 2.73. The smallest absolute Gasteiger partial charge is 0.328 e. The fraction of sp³-hybridized carbons (Fsp3) is 0.474. The molecule has 4 nitrogen and oxygen atoms in total. The molecule has 2 aliphatic heterocycles. The average molecular weight is 313 g/mol. The van der Waals surface area contributed by atoms with Crippen LogP contribution in [0.25, 0.3) is 0 Å². The molecule has 0 aromatic heterocycles. The van der Waals surface area contributed by atoms with Gasteiger partial charge >= 0.3 is 5.97 Å². The lowest BCUT2D eigenvalue weighted by Gasteiger charge is -2.31. The van der Waals surface area contributed by atoms with Gasteiger partial charge < -0.3 is 9.64 Å². The fourth-order valence-electron chi connectivity index (χ4n) is 3.83. The van der Waals surface area contributed by atoms with Gasteiger partial charge in [0.2, 0.25) is 5.91 Å². The maximum absolute atomic E-state index is 12.2. The first-order valence-corrected chi connectivity index (χ1v) is 8.30. The second kappa shape index (κ2) is 6.99. The van der Waals surface area contributed by atoms with Crippen molar-refractivity contribution in [1.82, 2.24) is 4.90 Å². The molecule has 2 heterocycles. The van der Waals surface area contributed by atoms with Crippen molar-refractivity contribution < 1.29 is 14.3 Å². The van der Waals surface area contributed by atoms with Crippen molar-refractivity contribution in [1.29, 1.82) is 0 Å². The summed E-state index contributed by atoms with van der Waals surface area (Å²) in [6, 6.07) is 10.1. The van der Waals surface area contributed by atoms with Gasteiger partial charge in [-0.1, -0.05) is 42.5 Å². The lowest BCUT2D eigenvalue weighted by atomic mass is 9.91. The maximum Gasteiger partial charge on any atom is 0.328 e. The Kier molecular flexibility index (Phi) is 4.79. The summed E-state index contributed by atoms with van der Waals surface area (Å²) >= 11 is 0. The Bertz CT molecular complexity index is 596. The number of aryl methyl sites for hydroxylation is 1. The fourth-order valence-corrected chi connectivity index (χ4v) is 3.83. The Balaban J connectivity index is 1.65. The molecule has 122 valence electrons. The molecule has 0 aliphatic carbocycles. The normalized spacial score (nSPS) is 26.2. The summed E-state index contributed by atoms with van der Waals surface area (Å²) in [6.45, 7) is 0. The molecule has 0 unspecified atom stereocenters. The number of rotatable bonds is 5. The van der Waals surface area contributed by atoms with Crippen molar-refractivity contribution in [3.05, 3.63) is 48.0 Å². The summed E-state index contributed by atoms with van der Waals surface area (Å²) in [4.78, 5) is 26.0. The number of ether oxygens (including phenoxy) is 1. The van der Waals surface area contributed by atoms with Gasteiger partial charge in [0.25, 0.3) is 0 Å². The van der Waals surface area contributed by atoms with Crippen molar-refractivity contribution in [2.24, 2.45) is 5.92 Å². The predicted molar refractivity (Wildman–Crippen MR) is 87.7 cm³/mol. The van der Waals surface area contributed by atoms with Gasteiger partial charge in [-0.15, -0.1) is 0 Å². The molecule has 1 saturated heterocycles. The highest BCUT2D eigenvalue weighted by Gasteiger charge is 2.46. The van der Waals surface area contributed by atoms with E-state index in [2.05, 4.69) is 30.3 Å². The number of carbonyl (C=O) groups is 2. The molecule has 1 fully saturated rings. The summed E-state index contributed by atoms with van der Waals surface area (Å²) in [5.41, 5.74) is 1.34. The third-order valence-corrected chi connectivity index (χ3v) is 4.94. The summed E-state index contributed by atoms with van der Waals surface area (Å²) in [7, 11) is 1.39. The molecule has 3 atom stereocenters. The van der Waals surface area contributed by atoms with Crippen molar-refractivity contribution in [3.8, 4) is 0 Å². The van der Waals surface area contributed by atoms with Crippen LogP contribution in [0.2, 0.25) is 0 Å². The highest BCUT2D eigenvalue weighted by atomic mass is 16.5. The van der Waals surface area contributed by atoms with Gasteiger partial charge in [-0.05, 0) is 37.2 Å². The summed E-state index contributed by atoms with van der Waals surface area (Å²) < 4.78 is 4.90. The van der Waals surface area contributed by atoms with Gasteiger partial charge in [0.1, 0.15) is 6.04 Å². The first kappa shape index (κ1) is 15.8. The minimum Gasteiger partial charge on any atom is -0.467 e. The van der Waals surface area contributed by atoms with Gasteiger partial charge in [-0.3, -0.25) is 4.79 Å². The van der Waals surface area contributed by atoms with E-state index in [0.717, 1.165) is 19.3 Å². The molecule has 1 aromatic rings. The number of hydrogen-bond acceptors (Lipinski definition) is 3. The Hall–Kier alpha value is -2.10. The Labute approximate surface area is 137 Å². The Morgan fingerprint density at radius 1 is 1.30 bits per heavy atom. The van der Waals surface area contributed by atoms with Crippen LogP contribution in [-0.4, -0.2) is 36.0 Å². The summed E-state index contributed by atoms with van der Waals surface area (Å²) in [5.74, 6) is 0.0889. The van der Waals surface area contributed by atoms with Gasteiger partial charge in [-0.25, -0.2) is 4.79 Å². The van der Waals surface area contributed by atoms with E-state index in [4.69, 9.17) is 4.74 Å². The Morgan fingerprint density at radius 2 is 2.09 bits per heavy atom. The average Bonchev–Trinajstić information content (AvgIpc) is 2.95. The van der Waals surface area contributed by atoms with Gasteiger partial charge in [0.05, 0.1) is 13.2 Å². The molecule has 0 bridgehead atoms. The van der Waals surface area contributed by atoms with Crippen LogP contribution in [0.4, 0.5) is 0 Å². The van der Waals surface area contributed by atoms with Crippen molar-refractivity contribution in [3.63, 3.8) is 0 Å². The van der Waals surface area contributed by atoms with Crippen LogP contribution in [0.5, 0.6) is 0 Å². The zero-order valence-corrected chi connectivity index (χ0v) is 13.5. The first-order chi connectivity index (χ1) is 11.2. The zero-order chi connectivity index (χ0) is 16.2. The molecule has 0 radical (unpaired) electrons. The van der Waals surface area contributed by atoms with Crippen LogP contribution >= 0.6 is 0 Å². The van der Waals surface area contributed by atoms with Crippen LogP contribution in [0.15, 0.2) is 42.5 Å². The van der Waals surface area contributed by atoms with E-state index in [9.17, 15) is 9.59 Å². The number of benzene rings is 1. The van der Waals surface area contributed by atoms with Crippen LogP contribution < -0.4 is 0 Å². The molecule has 3 rings (SSSR count). The van der Waals surface area contributed by atoms with E-state index in [-0.39, 0.29) is 17.9 Å². The van der Waals surface area contributed by atoms with E-state index >= 15 is 0 Å². The highest BCUT2D eigenvalue weighted by molar-refractivity contribution is 5.87. The lowest BCUT2D eigenvalue weighted by Crippen LogP contribution is -2.46. The largest absolute Gasteiger partial charge is 0.467 e. The number of hydrogen-bond donors (Lipinski definition) is 0. The molecular formula is C19H23NO3. The van der Waals surface area contributed by atoms with Gasteiger partial charge in [0, 0.05) is 6.42 Å². The molecule has 1 aromatic carbocycles. The second-order valence-corrected chi connectivity index (χ2v) is 6.34. The number of nitrogens with zero attached hydrogens (tertiary/aromatic N) is 1. The maximum atomic E-state index is 12.2. The standard InChI is InChI=1S/C19H23NO3/c1-23-19(22)17-13-15(16-11-6-12-18(21)20(16)17)10-5-9-14-7-3-2-4-8-14/h2-4,6-8,11,15-17H,5,9-10,12-13H2,1H3/t15-,16-,17+/m1/s1. The highest BCUT2D eigenvalue weighted by Crippen LogP contribution is 2.37. The molecule has 2 aliphatic rings. The van der Waals surface area contributed by atoms with Crippen molar-refractivity contribution in [2.45, 2.75) is 44.2 Å². The van der Waals surface area contributed by atoms with Crippen molar-refractivity contribution >= 4 is 11.9 Å². The lowest BCUT2D eigenvalue weighted by molar-refractivity contribution is -0.151. The van der Waals surface area contributed by atoms with E-state index < -0.39 is 6.04 Å². The van der Waals surface area contributed by atoms with Crippen LogP contribution in [0, 0.1) is 5.92 Å². The minimum atomic E-state index is -0.413. The molecule has 23 heavy (non-hydrogen) atoms. The zero-order valence-electron chi connectivity index (χ0n) is 13.5. The Morgan fingerprint density at radius 3 is 2.83 bits per heavy atom. The molecule has 0 spiro atoms. The van der Waals surface area contributed by atoms with E-state index in [0.29, 0.717) is 18.8 Å². The first-order valence-electron chi connectivity index (χ1n) is 8.30. The molecule has 1 amide bonds. The topological polar surface area (TPSA) is 46.6 Å². The molecular weight excluding hydrogens is 290 g/mol. The van der Waals surface area contributed by atoms with E-state index in [1.165, 1.54) is 12.7 Å². The summed E-state index contributed by atoms with van der Waals surface area (Å²) in [5, 5.41) is 0. The van der Waals surface area contributed by atoms with Crippen molar-refractivity contribution in [2.75, 3.05) is 7.11 Å². The quantitative estimate of drug-likeness (QED) is 0.620. The molecule has 4 heteroatoms. The molecule has 0 N–H and O–H groups in total. The minimum absolute atomic E-state index is 0.0402. The van der Waals surface area contributed by atoms with E-state index in [1.54, 1.807) is 4.90 Å². The number of carbonyl (C=O) groups excluding carboxylic acids is 2. The van der Waals surface area contributed by atoms with Crippen LogP contribution in [0.1, 0.15) is 31.2 Å². The van der Waals surface area contributed by atoms with Crippen LogP contribution in [0.3, 0.4) is 0 Å². The third kappa shape index (κ3) is 3.31.